The van der Waals surface area contributed by atoms with E-state index in [1.807, 2.05) is 0 Å². The van der Waals surface area contributed by atoms with E-state index in [0.717, 1.165) is 0 Å². The van der Waals surface area contributed by atoms with Crippen LogP contribution in [0.3, 0.4) is 0 Å². The van der Waals surface area contributed by atoms with Crippen LogP contribution in [-0.2, 0) is 24.7 Å². The highest BCUT2D eigenvalue weighted by Crippen LogP contribution is 2.46. The summed E-state index contributed by atoms with van der Waals surface area (Å²) in [5.74, 6) is -0.305. The summed E-state index contributed by atoms with van der Waals surface area (Å²) in [6.45, 7) is 2.43. The molecule has 0 saturated heterocycles. The van der Waals surface area contributed by atoms with Gasteiger partial charge in [-0.25, -0.2) is 14.8 Å². The van der Waals surface area contributed by atoms with Crippen molar-refractivity contribution in [3.63, 3.8) is 0 Å². The van der Waals surface area contributed by atoms with Crippen molar-refractivity contribution in [1.29, 1.82) is 0 Å². The third-order valence-corrected chi connectivity index (χ3v) is 5.63. The molecule has 0 aliphatic heterocycles. The summed E-state index contributed by atoms with van der Waals surface area (Å²) in [6.07, 6.45) is 11.0. The van der Waals surface area contributed by atoms with Crippen LogP contribution in [0.5, 0.6) is 0 Å². The van der Waals surface area contributed by atoms with E-state index < -0.39 is 5.97 Å². The topological polar surface area (TPSA) is 63.1 Å². The standard InChI is InChI=1S/C20H22N2O2/c1-20-6-2-4-14-8-13(9-15(18(14)20)5-3-7-20)10-17-21-11-16(12-22-17)19(23)24/h8-9,11-12H,2-7,10H2,1H3,(H,23,24). The predicted octanol–water partition coefficient (Wildman–Crippen LogP) is 3.70. The molecule has 0 atom stereocenters. The van der Waals surface area contributed by atoms with Crippen LogP contribution in [0.25, 0.3) is 0 Å². The summed E-state index contributed by atoms with van der Waals surface area (Å²) < 4.78 is 0. The van der Waals surface area contributed by atoms with Gasteiger partial charge in [0, 0.05) is 18.8 Å². The molecule has 1 N–H and O–H groups in total. The number of aromatic nitrogens is 2. The van der Waals surface area contributed by atoms with Gasteiger partial charge in [-0.15, -0.1) is 0 Å². The van der Waals surface area contributed by atoms with E-state index in [1.165, 1.54) is 67.6 Å². The number of rotatable bonds is 3. The van der Waals surface area contributed by atoms with Crippen LogP contribution in [0, 0.1) is 0 Å². The van der Waals surface area contributed by atoms with Crippen molar-refractivity contribution in [1.82, 2.24) is 9.97 Å². The van der Waals surface area contributed by atoms with Gasteiger partial charge in [-0.3, -0.25) is 0 Å². The number of aryl methyl sites for hydroxylation is 2. The smallest absolute Gasteiger partial charge is 0.338 e. The van der Waals surface area contributed by atoms with Crippen molar-refractivity contribution >= 4 is 5.97 Å². The van der Waals surface area contributed by atoms with Gasteiger partial charge in [0.05, 0.1) is 5.56 Å². The predicted molar refractivity (Wildman–Crippen MR) is 91.5 cm³/mol. The second-order valence-corrected chi connectivity index (χ2v) is 7.43. The van der Waals surface area contributed by atoms with Crippen LogP contribution in [0.4, 0.5) is 0 Å². The third-order valence-electron chi connectivity index (χ3n) is 5.63. The zero-order valence-corrected chi connectivity index (χ0v) is 14.0. The van der Waals surface area contributed by atoms with Crippen LogP contribution < -0.4 is 0 Å². The maximum atomic E-state index is 10.9. The molecular formula is C20H22N2O2. The molecule has 2 aliphatic rings. The molecule has 0 bridgehead atoms. The summed E-state index contributed by atoms with van der Waals surface area (Å²) >= 11 is 0. The van der Waals surface area contributed by atoms with Gasteiger partial charge < -0.3 is 5.11 Å². The van der Waals surface area contributed by atoms with Crippen molar-refractivity contribution < 1.29 is 9.90 Å². The fourth-order valence-electron chi connectivity index (χ4n) is 4.56. The fraction of sp³-hybridized carbons (Fsp3) is 0.450. The first-order valence-corrected chi connectivity index (χ1v) is 8.74. The molecule has 0 unspecified atom stereocenters. The summed E-state index contributed by atoms with van der Waals surface area (Å²) in [6, 6.07) is 4.66. The second kappa shape index (κ2) is 5.69. The molecule has 0 fully saturated rings. The van der Waals surface area contributed by atoms with Gasteiger partial charge in [-0.2, -0.15) is 0 Å². The van der Waals surface area contributed by atoms with Gasteiger partial charge in [-0.05, 0) is 66.2 Å². The zero-order chi connectivity index (χ0) is 16.7. The number of benzene rings is 1. The normalized spacial score (nSPS) is 18.0. The largest absolute Gasteiger partial charge is 0.478 e. The molecular weight excluding hydrogens is 300 g/mol. The molecule has 2 aromatic rings. The van der Waals surface area contributed by atoms with Gasteiger partial charge >= 0.3 is 5.97 Å². The summed E-state index contributed by atoms with van der Waals surface area (Å²) in [5, 5.41) is 8.94. The first-order valence-electron chi connectivity index (χ1n) is 8.74. The minimum Gasteiger partial charge on any atom is -0.478 e. The highest BCUT2D eigenvalue weighted by Gasteiger charge is 2.36. The van der Waals surface area contributed by atoms with Gasteiger partial charge in [0.25, 0.3) is 0 Å². The van der Waals surface area contributed by atoms with E-state index in [-0.39, 0.29) is 5.56 Å². The second-order valence-electron chi connectivity index (χ2n) is 7.43. The first-order chi connectivity index (χ1) is 11.5. The summed E-state index contributed by atoms with van der Waals surface area (Å²) in [4.78, 5) is 19.3. The quantitative estimate of drug-likeness (QED) is 0.936. The number of nitrogens with zero attached hydrogens (tertiary/aromatic N) is 2. The molecule has 124 valence electrons. The lowest BCUT2D eigenvalue weighted by Crippen LogP contribution is -2.32. The maximum Gasteiger partial charge on any atom is 0.338 e. The van der Waals surface area contributed by atoms with Gasteiger partial charge in [-0.1, -0.05) is 19.1 Å². The van der Waals surface area contributed by atoms with Crippen LogP contribution in [0.2, 0.25) is 0 Å². The molecule has 0 spiro atoms. The molecule has 0 radical (unpaired) electrons. The van der Waals surface area contributed by atoms with Crippen molar-refractivity contribution in [2.45, 2.75) is 57.3 Å². The van der Waals surface area contributed by atoms with Crippen molar-refractivity contribution in [2.24, 2.45) is 0 Å². The van der Waals surface area contributed by atoms with Crippen molar-refractivity contribution in [2.75, 3.05) is 0 Å². The van der Waals surface area contributed by atoms with Gasteiger partial charge in [0.1, 0.15) is 5.82 Å². The van der Waals surface area contributed by atoms with E-state index >= 15 is 0 Å². The van der Waals surface area contributed by atoms with Gasteiger partial charge in [0.15, 0.2) is 0 Å². The number of aromatic carboxylic acids is 1. The lowest BCUT2D eigenvalue weighted by Gasteiger charge is -2.41. The molecule has 24 heavy (non-hydrogen) atoms. The molecule has 1 aromatic carbocycles. The Morgan fingerprint density at radius 1 is 1.12 bits per heavy atom. The number of hydrogen-bond donors (Lipinski definition) is 1. The Balaban J connectivity index is 1.67. The highest BCUT2D eigenvalue weighted by molar-refractivity contribution is 5.86. The average Bonchev–Trinajstić information content (AvgIpc) is 2.55. The average molecular weight is 322 g/mol. The molecule has 4 nitrogen and oxygen atoms in total. The summed E-state index contributed by atoms with van der Waals surface area (Å²) in [7, 11) is 0. The summed E-state index contributed by atoms with van der Waals surface area (Å²) in [5.41, 5.74) is 6.40. The maximum absolute atomic E-state index is 10.9. The lowest BCUT2D eigenvalue weighted by molar-refractivity contribution is 0.0696. The molecule has 2 aliphatic carbocycles. The van der Waals surface area contributed by atoms with E-state index in [4.69, 9.17) is 5.11 Å². The van der Waals surface area contributed by atoms with Crippen LogP contribution in [0.1, 0.15) is 71.0 Å². The number of carboxylic acid groups (broad SMARTS) is 1. The number of hydrogen-bond acceptors (Lipinski definition) is 3. The Morgan fingerprint density at radius 3 is 2.25 bits per heavy atom. The third kappa shape index (κ3) is 2.60. The Morgan fingerprint density at radius 2 is 1.71 bits per heavy atom. The SMILES string of the molecule is CC12CCCc3cc(Cc4ncc(C(=O)O)cn4)cc(c31)CCC2. The minimum absolute atomic E-state index is 0.134. The van der Waals surface area contributed by atoms with Crippen LogP contribution in [-0.4, -0.2) is 21.0 Å². The Hall–Kier alpha value is -2.23. The highest BCUT2D eigenvalue weighted by atomic mass is 16.4. The van der Waals surface area contributed by atoms with Crippen LogP contribution >= 0.6 is 0 Å². The fourth-order valence-corrected chi connectivity index (χ4v) is 4.56. The Labute approximate surface area is 142 Å². The molecule has 4 rings (SSSR count). The first kappa shape index (κ1) is 15.3. The van der Waals surface area contributed by atoms with E-state index in [0.29, 0.717) is 17.7 Å². The molecule has 1 aromatic heterocycles. The van der Waals surface area contributed by atoms with Crippen LogP contribution in [0.15, 0.2) is 24.5 Å². The number of carbonyl (C=O) groups is 1. The van der Waals surface area contributed by atoms with E-state index in [2.05, 4.69) is 29.0 Å². The Kier molecular flexibility index (Phi) is 3.63. The Bertz CT molecular complexity index is 765. The lowest BCUT2D eigenvalue weighted by atomic mass is 9.63. The molecule has 4 heteroatoms. The van der Waals surface area contributed by atoms with E-state index in [1.54, 1.807) is 5.56 Å². The molecule has 0 amide bonds. The zero-order valence-electron chi connectivity index (χ0n) is 14.0. The molecule has 1 heterocycles. The molecule has 0 saturated carbocycles. The number of carboxylic acids is 1. The van der Waals surface area contributed by atoms with Crippen molar-refractivity contribution in [3.8, 4) is 0 Å². The minimum atomic E-state index is -0.987. The monoisotopic (exact) mass is 322 g/mol. The van der Waals surface area contributed by atoms with Crippen molar-refractivity contribution in [3.05, 3.63) is 58.2 Å². The van der Waals surface area contributed by atoms with E-state index in [9.17, 15) is 4.79 Å². The van der Waals surface area contributed by atoms with Gasteiger partial charge in [0.2, 0.25) is 0 Å².